The third-order valence-corrected chi connectivity index (χ3v) is 8.58. The van der Waals surface area contributed by atoms with Crippen LogP contribution in [-0.4, -0.2) is 37.3 Å². The molecule has 1 aliphatic carbocycles. The van der Waals surface area contributed by atoms with Gasteiger partial charge in [-0.05, 0) is 38.0 Å². The van der Waals surface area contributed by atoms with E-state index >= 15 is 0 Å². The van der Waals surface area contributed by atoms with Crippen molar-refractivity contribution in [1.82, 2.24) is 5.32 Å². The second-order valence-corrected chi connectivity index (χ2v) is 11.0. The quantitative estimate of drug-likeness (QED) is 0.755. The van der Waals surface area contributed by atoms with Crippen LogP contribution in [0.4, 0.5) is 5.69 Å². The molecule has 1 saturated carbocycles. The van der Waals surface area contributed by atoms with E-state index in [2.05, 4.69) is 10.6 Å². The summed E-state index contributed by atoms with van der Waals surface area (Å²) in [6.45, 7) is 1.58. The van der Waals surface area contributed by atoms with Crippen LogP contribution < -0.4 is 10.6 Å². The third kappa shape index (κ3) is 5.29. The van der Waals surface area contributed by atoms with E-state index in [-0.39, 0.29) is 34.9 Å². The minimum atomic E-state index is -3.62. The maximum atomic E-state index is 12.9. The zero-order valence-electron chi connectivity index (χ0n) is 16.2. The first-order valence-corrected chi connectivity index (χ1v) is 12.5. The monoisotopic (exact) mass is 424 g/mol. The smallest absolute Gasteiger partial charge is 0.234 e. The Morgan fingerprint density at radius 2 is 1.89 bits per heavy atom. The highest BCUT2D eigenvalue weighted by Crippen LogP contribution is 2.34. The molecule has 1 aromatic rings. The van der Waals surface area contributed by atoms with E-state index in [1.807, 2.05) is 0 Å². The standard InChI is InChI=1S/C20H28N2O4S2/c1-14(11-19(23)21-15-7-5-3-2-4-6-8-15)28(25,26)16-9-10-17-18(12-16)27-13-20(24)22-17/h9-10,12,14-15H,2-8,11,13H2,1H3,(H,21,23)(H,22,24). The number of rotatable bonds is 5. The summed E-state index contributed by atoms with van der Waals surface area (Å²) in [6, 6.07) is 4.88. The van der Waals surface area contributed by atoms with Crippen LogP contribution >= 0.6 is 11.8 Å². The maximum Gasteiger partial charge on any atom is 0.234 e. The van der Waals surface area contributed by atoms with E-state index in [0.717, 1.165) is 30.6 Å². The van der Waals surface area contributed by atoms with E-state index in [1.165, 1.54) is 37.1 Å². The number of amides is 2. The molecule has 28 heavy (non-hydrogen) atoms. The van der Waals surface area contributed by atoms with Gasteiger partial charge in [-0.1, -0.05) is 32.1 Å². The van der Waals surface area contributed by atoms with Gasteiger partial charge in [0.15, 0.2) is 9.84 Å². The van der Waals surface area contributed by atoms with Crippen LogP contribution in [0.1, 0.15) is 58.3 Å². The second-order valence-electron chi connectivity index (χ2n) is 7.66. The Morgan fingerprint density at radius 1 is 1.21 bits per heavy atom. The molecule has 0 bridgehead atoms. The van der Waals surface area contributed by atoms with Crippen molar-refractivity contribution in [3.05, 3.63) is 18.2 Å². The molecule has 0 saturated heterocycles. The normalized spacial score (nSPS) is 19.7. The molecule has 1 heterocycles. The second kappa shape index (κ2) is 9.31. The van der Waals surface area contributed by atoms with Crippen LogP contribution in [0.3, 0.4) is 0 Å². The first kappa shape index (κ1) is 21.2. The number of thioether (sulfide) groups is 1. The van der Waals surface area contributed by atoms with Crippen molar-refractivity contribution >= 4 is 39.1 Å². The average molecular weight is 425 g/mol. The summed E-state index contributed by atoms with van der Waals surface area (Å²) in [6.07, 6.45) is 7.80. The molecule has 0 spiro atoms. The van der Waals surface area contributed by atoms with Gasteiger partial charge in [-0.25, -0.2) is 8.42 Å². The molecule has 1 aromatic carbocycles. The number of carbonyl (C=O) groups excluding carboxylic acids is 2. The first-order chi connectivity index (χ1) is 13.4. The number of anilines is 1. The molecule has 1 fully saturated rings. The highest BCUT2D eigenvalue weighted by atomic mass is 32.2. The van der Waals surface area contributed by atoms with Gasteiger partial charge in [0.1, 0.15) is 0 Å². The molecular formula is C20H28N2O4S2. The SMILES string of the molecule is CC(CC(=O)NC1CCCCCCC1)S(=O)(=O)c1ccc2c(c1)SCC(=O)N2. The molecule has 2 aliphatic rings. The van der Waals surface area contributed by atoms with E-state index in [1.54, 1.807) is 19.1 Å². The van der Waals surface area contributed by atoms with Gasteiger partial charge >= 0.3 is 0 Å². The zero-order valence-corrected chi connectivity index (χ0v) is 17.8. The van der Waals surface area contributed by atoms with Crippen molar-refractivity contribution in [2.24, 2.45) is 0 Å². The van der Waals surface area contributed by atoms with Crippen molar-refractivity contribution < 1.29 is 18.0 Å². The topological polar surface area (TPSA) is 92.3 Å². The number of sulfone groups is 1. The molecule has 1 atom stereocenters. The summed E-state index contributed by atoms with van der Waals surface area (Å²) >= 11 is 1.32. The Kier molecular flexibility index (Phi) is 7.04. The zero-order chi connectivity index (χ0) is 20.1. The van der Waals surface area contributed by atoms with E-state index < -0.39 is 15.1 Å². The molecular weight excluding hydrogens is 396 g/mol. The van der Waals surface area contributed by atoms with Gasteiger partial charge in [-0.2, -0.15) is 0 Å². The molecule has 6 nitrogen and oxygen atoms in total. The fourth-order valence-corrected chi connectivity index (χ4v) is 6.02. The Bertz CT molecular complexity index is 831. The number of fused-ring (bicyclic) bond motifs is 1. The fraction of sp³-hybridized carbons (Fsp3) is 0.600. The molecule has 2 N–H and O–H groups in total. The lowest BCUT2D eigenvalue weighted by Crippen LogP contribution is -2.37. The Morgan fingerprint density at radius 3 is 2.61 bits per heavy atom. The maximum absolute atomic E-state index is 12.9. The molecule has 0 aromatic heterocycles. The lowest BCUT2D eigenvalue weighted by atomic mass is 9.96. The van der Waals surface area contributed by atoms with Gasteiger partial charge in [-0.15, -0.1) is 11.8 Å². The van der Waals surface area contributed by atoms with Gasteiger partial charge in [-0.3, -0.25) is 9.59 Å². The van der Waals surface area contributed by atoms with Crippen LogP contribution in [0.5, 0.6) is 0 Å². The minimum absolute atomic E-state index is 0.0419. The van der Waals surface area contributed by atoms with Gasteiger partial charge < -0.3 is 10.6 Å². The summed E-state index contributed by atoms with van der Waals surface area (Å²) in [4.78, 5) is 24.8. The van der Waals surface area contributed by atoms with Crippen LogP contribution in [0.2, 0.25) is 0 Å². The minimum Gasteiger partial charge on any atom is -0.353 e. The number of hydrogen-bond acceptors (Lipinski definition) is 5. The highest BCUT2D eigenvalue weighted by molar-refractivity contribution is 8.00. The van der Waals surface area contributed by atoms with Crippen LogP contribution in [0.25, 0.3) is 0 Å². The van der Waals surface area contributed by atoms with Gasteiger partial charge in [0.25, 0.3) is 0 Å². The van der Waals surface area contributed by atoms with Crippen molar-refractivity contribution in [3.8, 4) is 0 Å². The molecule has 1 unspecified atom stereocenters. The molecule has 3 rings (SSSR count). The van der Waals surface area contributed by atoms with Crippen molar-refractivity contribution in [2.45, 2.75) is 79.4 Å². The number of carbonyl (C=O) groups is 2. The average Bonchev–Trinajstić information content (AvgIpc) is 2.63. The third-order valence-electron chi connectivity index (χ3n) is 5.39. The predicted octanol–water partition coefficient (Wildman–Crippen LogP) is 3.51. The Balaban J connectivity index is 1.63. The van der Waals surface area contributed by atoms with E-state index in [0.29, 0.717) is 5.69 Å². The summed E-state index contributed by atoms with van der Waals surface area (Å²) in [7, 11) is -3.62. The molecule has 154 valence electrons. The molecule has 1 aliphatic heterocycles. The predicted molar refractivity (Wildman–Crippen MR) is 111 cm³/mol. The first-order valence-electron chi connectivity index (χ1n) is 9.96. The largest absolute Gasteiger partial charge is 0.353 e. The number of nitrogens with one attached hydrogen (secondary N) is 2. The van der Waals surface area contributed by atoms with E-state index in [9.17, 15) is 18.0 Å². The van der Waals surface area contributed by atoms with Crippen molar-refractivity contribution in [3.63, 3.8) is 0 Å². The van der Waals surface area contributed by atoms with Crippen LogP contribution in [0, 0.1) is 0 Å². The van der Waals surface area contributed by atoms with Crippen molar-refractivity contribution in [2.75, 3.05) is 11.1 Å². The van der Waals surface area contributed by atoms with Crippen molar-refractivity contribution in [1.29, 1.82) is 0 Å². The fourth-order valence-electron chi connectivity index (χ4n) is 3.72. The Hall–Kier alpha value is -1.54. The lowest BCUT2D eigenvalue weighted by molar-refractivity contribution is -0.122. The summed E-state index contributed by atoms with van der Waals surface area (Å²) in [5, 5.41) is 4.97. The molecule has 8 heteroatoms. The van der Waals surface area contributed by atoms with Gasteiger partial charge in [0.2, 0.25) is 11.8 Å². The van der Waals surface area contributed by atoms with E-state index in [4.69, 9.17) is 0 Å². The summed E-state index contributed by atoms with van der Waals surface area (Å²) < 4.78 is 25.9. The summed E-state index contributed by atoms with van der Waals surface area (Å²) in [5.41, 5.74) is 0.634. The number of benzene rings is 1. The molecule has 0 radical (unpaired) electrons. The lowest BCUT2D eigenvalue weighted by Gasteiger charge is -2.22. The Labute approximate surface area is 171 Å². The number of hydrogen-bond donors (Lipinski definition) is 2. The highest BCUT2D eigenvalue weighted by Gasteiger charge is 2.28. The van der Waals surface area contributed by atoms with Gasteiger partial charge in [0.05, 0.1) is 21.6 Å². The summed E-state index contributed by atoms with van der Waals surface area (Å²) in [5.74, 6) is -0.0100. The van der Waals surface area contributed by atoms with Crippen LogP contribution in [0.15, 0.2) is 28.0 Å². The van der Waals surface area contributed by atoms with Crippen LogP contribution in [-0.2, 0) is 19.4 Å². The molecule has 2 amide bonds. The van der Waals surface area contributed by atoms with Gasteiger partial charge in [0, 0.05) is 17.4 Å².